The van der Waals surface area contributed by atoms with Gasteiger partial charge in [-0.25, -0.2) is 4.39 Å². The van der Waals surface area contributed by atoms with E-state index in [4.69, 9.17) is 16.3 Å². The number of aliphatic hydroxyl groups excluding tert-OH is 1. The van der Waals surface area contributed by atoms with Gasteiger partial charge >= 0.3 is 5.91 Å². The van der Waals surface area contributed by atoms with Gasteiger partial charge < -0.3 is 9.84 Å². The first-order valence-electron chi connectivity index (χ1n) is 11.9. The molecular formula is C28H21ClFN3O4S2. The minimum absolute atomic E-state index is 0.133. The van der Waals surface area contributed by atoms with Crippen molar-refractivity contribution in [3.63, 3.8) is 0 Å². The number of rotatable bonds is 8. The molecule has 39 heavy (non-hydrogen) atoms. The molecule has 0 bridgehead atoms. The Hall–Kier alpha value is -3.73. The van der Waals surface area contributed by atoms with Crippen LogP contribution in [-0.4, -0.2) is 33.6 Å². The van der Waals surface area contributed by atoms with Crippen LogP contribution in [0, 0.1) is 5.82 Å². The van der Waals surface area contributed by atoms with Crippen LogP contribution in [0.1, 0.15) is 29.7 Å². The summed E-state index contributed by atoms with van der Waals surface area (Å²) in [5, 5.41) is 20.5. The molecule has 0 saturated carbocycles. The summed E-state index contributed by atoms with van der Waals surface area (Å²) in [6.07, 6.45) is 0. The maximum Gasteiger partial charge on any atom is 0.301 e. The van der Waals surface area contributed by atoms with Gasteiger partial charge in [-0.2, -0.15) is 0 Å². The van der Waals surface area contributed by atoms with E-state index in [1.807, 2.05) is 19.1 Å². The van der Waals surface area contributed by atoms with Crippen LogP contribution >= 0.6 is 34.7 Å². The van der Waals surface area contributed by atoms with Crippen LogP contribution in [0.15, 0.2) is 82.7 Å². The van der Waals surface area contributed by atoms with E-state index in [1.54, 1.807) is 36.4 Å². The van der Waals surface area contributed by atoms with Crippen molar-refractivity contribution < 1.29 is 23.8 Å². The maximum atomic E-state index is 13.5. The summed E-state index contributed by atoms with van der Waals surface area (Å²) in [5.74, 6) is -1.49. The highest BCUT2D eigenvalue weighted by atomic mass is 35.5. The van der Waals surface area contributed by atoms with Gasteiger partial charge in [-0.15, -0.1) is 10.2 Å². The second-order valence-corrected chi connectivity index (χ2v) is 11.1. The number of benzene rings is 3. The third-order valence-corrected chi connectivity index (χ3v) is 8.30. The molecule has 1 atom stereocenters. The zero-order valence-corrected chi connectivity index (χ0v) is 22.9. The van der Waals surface area contributed by atoms with Crippen LogP contribution in [0.2, 0.25) is 5.02 Å². The molecule has 2 heterocycles. The van der Waals surface area contributed by atoms with Crippen LogP contribution in [-0.2, 0) is 15.3 Å². The van der Waals surface area contributed by atoms with E-state index < -0.39 is 29.3 Å². The molecule has 5 rings (SSSR count). The standard InChI is InChI=1S/C28H21ClFN3O4S2/c1-2-37-21-5-3-4-18(14-21)23-22(24(34)17-8-12-20(30)13-9-17)25(35)26(36)33(23)27-31-32-28(39-27)38-15-16-6-10-19(29)11-7-16/h3-14,23,34H,2,15H2,1H3. The van der Waals surface area contributed by atoms with Gasteiger partial charge in [0.25, 0.3) is 5.78 Å². The number of ketones is 1. The molecule has 1 aromatic heterocycles. The number of aromatic nitrogens is 2. The number of thioether (sulfide) groups is 1. The summed E-state index contributed by atoms with van der Waals surface area (Å²) in [4.78, 5) is 28.0. The van der Waals surface area contributed by atoms with Crippen LogP contribution in [0.25, 0.3) is 5.76 Å². The summed E-state index contributed by atoms with van der Waals surface area (Å²) >= 11 is 8.56. The van der Waals surface area contributed by atoms with Crippen molar-refractivity contribution in [3.05, 3.63) is 106 Å². The number of aliphatic hydroxyl groups is 1. The second kappa shape index (κ2) is 11.6. The molecule has 0 radical (unpaired) electrons. The van der Waals surface area contributed by atoms with Gasteiger partial charge in [-0.1, -0.05) is 59.0 Å². The highest BCUT2D eigenvalue weighted by Gasteiger charge is 2.48. The van der Waals surface area contributed by atoms with Gasteiger partial charge in [0.2, 0.25) is 5.13 Å². The number of anilines is 1. The molecule has 0 spiro atoms. The van der Waals surface area contributed by atoms with E-state index in [0.29, 0.717) is 33.0 Å². The first-order chi connectivity index (χ1) is 18.9. The molecule has 0 aliphatic carbocycles. The number of nitrogens with zero attached hydrogens (tertiary/aromatic N) is 3. The van der Waals surface area contributed by atoms with Crippen LogP contribution in [0.4, 0.5) is 9.52 Å². The molecule has 1 aliphatic heterocycles. The van der Waals surface area contributed by atoms with E-state index >= 15 is 0 Å². The van der Waals surface area contributed by atoms with Crippen LogP contribution < -0.4 is 9.64 Å². The largest absolute Gasteiger partial charge is 0.507 e. The molecule has 1 saturated heterocycles. The van der Waals surface area contributed by atoms with Crippen molar-refractivity contribution in [3.8, 4) is 5.75 Å². The topological polar surface area (TPSA) is 92.6 Å². The zero-order valence-electron chi connectivity index (χ0n) is 20.5. The summed E-state index contributed by atoms with van der Waals surface area (Å²) in [6.45, 7) is 2.27. The molecule has 7 nitrogen and oxygen atoms in total. The fraction of sp³-hybridized carbons (Fsp3) is 0.143. The van der Waals surface area contributed by atoms with E-state index in [0.717, 1.165) is 5.56 Å². The minimum Gasteiger partial charge on any atom is -0.507 e. The van der Waals surface area contributed by atoms with Gasteiger partial charge in [0.15, 0.2) is 4.34 Å². The van der Waals surface area contributed by atoms with Gasteiger partial charge in [0.05, 0.1) is 18.2 Å². The normalized spacial score (nSPS) is 16.6. The fourth-order valence-electron chi connectivity index (χ4n) is 4.13. The van der Waals surface area contributed by atoms with E-state index in [2.05, 4.69) is 10.2 Å². The molecule has 1 aliphatic rings. The Labute approximate surface area is 236 Å². The van der Waals surface area contributed by atoms with Crippen molar-refractivity contribution in [2.75, 3.05) is 11.5 Å². The summed E-state index contributed by atoms with van der Waals surface area (Å²) in [5.41, 5.74) is 1.64. The molecular weight excluding hydrogens is 561 g/mol. The Morgan fingerprint density at radius 3 is 2.56 bits per heavy atom. The maximum absolute atomic E-state index is 13.5. The lowest BCUT2D eigenvalue weighted by Crippen LogP contribution is -2.29. The van der Waals surface area contributed by atoms with Gasteiger partial charge in [0.1, 0.15) is 17.3 Å². The van der Waals surface area contributed by atoms with Crippen LogP contribution in [0.3, 0.4) is 0 Å². The highest BCUT2D eigenvalue weighted by Crippen LogP contribution is 2.44. The molecule has 1 amide bonds. The van der Waals surface area contributed by atoms with E-state index in [9.17, 15) is 19.1 Å². The Balaban J connectivity index is 1.54. The predicted molar refractivity (Wildman–Crippen MR) is 150 cm³/mol. The Kier molecular flexibility index (Phi) is 7.97. The van der Waals surface area contributed by atoms with Crippen LogP contribution in [0.5, 0.6) is 5.75 Å². The number of carbonyl (C=O) groups excluding carboxylic acids is 2. The lowest BCUT2D eigenvalue weighted by Gasteiger charge is -2.23. The predicted octanol–water partition coefficient (Wildman–Crippen LogP) is 6.65. The summed E-state index contributed by atoms with van der Waals surface area (Å²) < 4.78 is 19.8. The van der Waals surface area contributed by atoms with Gasteiger partial charge in [-0.3, -0.25) is 14.5 Å². The Morgan fingerprint density at radius 2 is 1.85 bits per heavy atom. The minimum atomic E-state index is -1.00. The lowest BCUT2D eigenvalue weighted by molar-refractivity contribution is -0.132. The number of Topliss-reactive ketones (excluding diaryl/α,β-unsaturated/α-hetero) is 1. The molecule has 11 heteroatoms. The van der Waals surface area contributed by atoms with E-state index in [1.165, 1.54) is 52.3 Å². The molecule has 4 aromatic rings. The SMILES string of the molecule is CCOc1cccc(C2C(=C(O)c3ccc(F)cc3)C(=O)C(=O)N2c2nnc(SCc3ccc(Cl)cc3)s2)c1. The summed E-state index contributed by atoms with van der Waals surface area (Å²) in [7, 11) is 0. The smallest absolute Gasteiger partial charge is 0.301 e. The van der Waals surface area contributed by atoms with Gasteiger partial charge in [0, 0.05) is 16.3 Å². The Morgan fingerprint density at radius 1 is 1.10 bits per heavy atom. The quantitative estimate of drug-likeness (QED) is 0.0819. The fourth-order valence-corrected chi connectivity index (χ4v) is 6.08. The number of hydrogen-bond acceptors (Lipinski definition) is 8. The molecule has 1 N–H and O–H groups in total. The third kappa shape index (κ3) is 5.68. The number of carbonyl (C=O) groups is 2. The van der Waals surface area contributed by atoms with Crippen molar-refractivity contribution >= 4 is 57.3 Å². The number of halogens is 2. The monoisotopic (exact) mass is 581 g/mol. The summed E-state index contributed by atoms with van der Waals surface area (Å²) in [6, 6.07) is 18.4. The van der Waals surface area contributed by atoms with Crippen molar-refractivity contribution in [1.29, 1.82) is 0 Å². The number of ether oxygens (including phenoxy) is 1. The lowest BCUT2D eigenvalue weighted by atomic mass is 9.95. The molecule has 1 fully saturated rings. The molecule has 198 valence electrons. The third-order valence-electron chi connectivity index (χ3n) is 5.92. The second-order valence-electron chi connectivity index (χ2n) is 8.45. The highest BCUT2D eigenvalue weighted by molar-refractivity contribution is 8.00. The van der Waals surface area contributed by atoms with E-state index in [-0.39, 0.29) is 16.3 Å². The average Bonchev–Trinajstić information content (AvgIpc) is 3.51. The van der Waals surface area contributed by atoms with Gasteiger partial charge in [-0.05, 0) is 66.6 Å². The first-order valence-corrected chi connectivity index (χ1v) is 14.0. The van der Waals surface area contributed by atoms with Crippen molar-refractivity contribution in [1.82, 2.24) is 10.2 Å². The first kappa shape index (κ1) is 26.9. The molecule has 1 unspecified atom stereocenters. The average molecular weight is 582 g/mol. The molecule has 3 aromatic carbocycles. The number of amides is 1. The zero-order chi connectivity index (χ0) is 27.5. The Bertz CT molecular complexity index is 1560. The van der Waals surface area contributed by atoms with Crippen molar-refractivity contribution in [2.45, 2.75) is 23.1 Å². The van der Waals surface area contributed by atoms with Crippen molar-refractivity contribution in [2.24, 2.45) is 0 Å². The number of hydrogen-bond donors (Lipinski definition) is 1.